The molecule has 1 aromatic carbocycles. The second kappa shape index (κ2) is 8.36. The molecule has 3 rings (SSSR count). The molecule has 2 heterocycles. The molecule has 1 aliphatic heterocycles. The molecule has 6 nitrogen and oxygen atoms in total. The van der Waals surface area contributed by atoms with E-state index >= 15 is 0 Å². The zero-order valence-electron chi connectivity index (χ0n) is 14.1. The van der Waals surface area contributed by atoms with Crippen LogP contribution in [0.2, 0.25) is 0 Å². The Hall–Kier alpha value is -2.78. The van der Waals surface area contributed by atoms with Crippen LogP contribution in [0.5, 0.6) is 0 Å². The van der Waals surface area contributed by atoms with Crippen molar-refractivity contribution in [3.63, 3.8) is 0 Å². The molecular weight excluding hydrogens is 316 g/mol. The number of carbonyl (C=O) groups excluding carboxylic acids is 1. The first-order chi connectivity index (χ1) is 12.2. The zero-order chi connectivity index (χ0) is 17.5. The second-order valence-electron chi connectivity index (χ2n) is 6.30. The van der Waals surface area contributed by atoms with Crippen molar-refractivity contribution in [2.45, 2.75) is 19.5 Å². The van der Waals surface area contributed by atoms with Gasteiger partial charge in [-0.2, -0.15) is 5.26 Å². The summed E-state index contributed by atoms with van der Waals surface area (Å²) in [5.41, 5.74) is 1.80. The number of nitrogens with one attached hydrogen (secondary N) is 2. The molecule has 0 bridgehead atoms. The number of hydrogen-bond donors (Lipinski definition) is 2. The van der Waals surface area contributed by atoms with Gasteiger partial charge in [0, 0.05) is 19.6 Å². The molecule has 0 aliphatic carbocycles. The third-order valence-corrected chi connectivity index (χ3v) is 4.46. The van der Waals surface area contributed by atoms with Crippen molar-refractivity contribution in [3.8, 4) is 6.07 Å². The van der Waals surface area contributed by atoms with Crippen molar-refractivity contribution in [3.05, 3.63) is 59.5 Å². The Morgan fingerprint density at radius 3 is 2.96 bits per heavy atom. The van der Waals surface area contributed by atoms with E-state index in [0.29, 0.717) is 19.0 Å². The second-order valence-corrected chi connectivity index (χ2v) is 6.30. The smallest absolute Gasteiger partial charge is 0.315 e. The number of nitriles is 1. The van der Waals surface area contributed by atoms with Crippen molar-refractivity contribution >= 4 is 6.03 Å². The number of rotatable bonds is 6. The molecule has 25 heavy (non-hydrogen) atoms. The molecule has 1 atom stereocenters. The SMILES string of the molecule is N#Cc1ccccc1CN1CC[C@H](CNC(=O)NCc2ccco2)C1. The number of likely N-dealkylation sites (tertiary alicyclic amines) is 1. The summed E-state index contributed by atoms with van der Waals surface area (Å²) in [5, 5.41) is 14.9. The third kappa shape index (κ3) is 4.85. The van der Waals surface area contributed by atoms with E-state index in [1.165, 1.54) is 0 Å². The highest BCUT2D eigenvalue weighted by atomic mass is 16.3. The van der Waals surface area contributed by atoms with Crippen molar-refractivity contribution in [2.75, 3.05) is 19.6 Å². The van der Waals surface area contributed by atoms with Gasteiger partial charge < -0.3 is 15.1 Å². The maximum Gasteiger partial charge on any atom is 0.315 e. The van der Waals surface area contributed by atoms with Gasteiger partial charge in [0.1, 0.15) is 5.76 Å². The van der Waals surface area contributed by atoms with Gasteiger partial charge in [-0.15, -0.1) is 0 Å². The Morgan fingerprint density at radius 1 is 1.28 bits per heavy atom. The van der Waals surface area contributed by atoms with E-state index in [1.54, 1.807) is 12.3 Å². The Balaban J connectivity index is 1.39. The molecule has 1 fully saturated rings. The van der Waals surface area contributed by atoms with Crippen LogP contribution in [0.25, 0.3) is 0 Å². The van der Waals surface area contributed by atoms with Gasteiger partial charge in [-0.1, -0.05) is 18.2 Å². The number of hydrogen-bond acceptors (Lipinski definition) is 4. The lowest BCUT2D eigenvalue weighted by Crippen LogP contribution is -2.38. The average molecular weight is 338 g/mol. The maximum absolute atomic E-state index is 11.8. The van der Waals surface area contributed by atoms with Crippen LogP contribution in [0.4, 0.5) is 4.79 Å². The molecule has 1 aliphatic rings. The van der Waals surface area contributed by atoms with Crippen LogP contribution in [-0.4, -0.2) is 30.6 Å². The molecule has 2 aromatic rings. The van der Waals surface area contributed by atoms with Gasteiger partial charge in [0.05, 0.1) is 24.4 Å². The molecule has 1 saturated heterocycles. The van der Waals surface area contributed by atoms with Crippen molar-refractivity contribution in [1.82, 2.24) is 15.5 Å². The summed E-state index contributed by atoms with van der Waals surface area (Å²) in [6.45, 7) is 3.74. The predicted octanol–water partition coefficient (Wildman–Crippen LogP) is 2.47. The lowest BCUT2D eigenvalue weighted by atomic mass is 10.1. The van der Waals surface area contributed by atoms with Crippen LogP contribution in [0, 0.1) is 17.2 Å². The summed E-state index contributed by atoms with van der Waals surface area (Å²) in [7, 11) is 0. The monoisotopic (exact) mass is 338 g/mol. The molecule has 130 valence electrons. The molecule has 0 saturated carbocycles. The van der Waals surface area contributed by atoms with Crippen LogP contribution in [0.1, 0.15) is 23.3 Å². The van der Waals surface area contributed by atoms with Crippen molar-refractivity contribution < 1.29 is 9.21 Å². The number of carbonyl (C=O) groups is 1. The number of furan rings is 1. The summed E-state index contributed by atoms with van der Waals surface area (Å²) >= 11 is 0. The maximum atomic E-state index is 11.8. The van der Waals surface area contributed by atoms with Crippen LogP contribution in [-0.2, 0) is 13.1 Å². The van der Waals surface area contributed by atoms with E-state index in [1.807, 2.05) is 30.3 Å². The van der Waals surface area contributed by atoms with Gasteiger partial charge in [0.2, 0.25) is 0 Å². The molecule has 0 unspecified atom stereocenters. The highest BCUT2D eigenvalue weighted by Crippen LogP contribution is 2.19. The van der Waals surface area contributed by atoms with Gasteiger partial charge in [-0.25, -0.2) is 4.79 Å². The number of amides is 2. The Morgan fingerprint density at radius 2 is 2.16 bits per heavy atom. The largest absolute Gasteiger partial charge is 0.467 e. The minimum Gasteiger partial charge on any atom is -0.467 e. The normalized spacial score (nSPS) is 17.2. The molecule has 2 N–H and O–H groups in total. The lowest BCUT2D eigenvalue weighted by molar-refractivity contribution is 0.237. The van der Waals surface area contributed by atoms with E-state index in [9.17, 15) is 10.1 Å². The fraction of sp³-hybridized carbons (Fsp3) is 0.368. The van der Waals surface area contributed by atoms with Gasteiger partial charge in [0.15, 0.2) is 0 Å². The first-order valence-corrected chi connectivity index (χ1v) is 8.49. The highest BCUT2D eigenvalue weighted by molar-refractivity contribution is 5.73. The fourth-order valence-electron chi connectivity index (χ4n) is 3.11. The predicted molar refractivity (Wildman–Crippen MR) is 93.5 cm³/mol. The topological polar surface area (TPSA) is 81.3 Å². The van der Waals surface area contributed by atoms with Crippen molar-refractivity contribution in [1.29, 1.82) is 5.26 Å². The van der Waals surface area contributed by atoms with E-state index in [2.05, 4.69) is 21.6 Å². The summed E-state index contributed by atoms with van der Waals surface area (Å²) < 4.78 is 5.18. The molecule has 0 spiro atoms. The van der Waals surface area contributed by atoms with Crippen molar-refractivity contribution in [2.24, 2.45) is 5.92 Å². The average Bonchev–Trinajstić information content (AvgIpc) is 3.30. The van der Waals surface area contributed by atoms with Crippen LogP contribution < -0.4 is 10.6 Å². The third-order valence-electron chi connectivity index (χ3n) is 4.46. The molecule has 6 heteroatoms. The van der Waals surface area contributed by atoms with Crippen LogP contribution >= 0.6 is 0 Å². The standard InChI is InChI=1S/C19H22N4O2/c20-10-16-4-1-2-5-17(16)14-23-8-7-15(13-23)11-21-19(24)22-12-18-6-3-9-25-18/h1-6,9,15H,7-8,11-14H2,(H2,21,22,24)/t15-/m1/s1. The first kappa shape index (κ1) is 17.1. The van der Waals surface area contributed by atoms with E-state index in [4.69, 9.17) is 4.42 Å². The van der Waals surface area contributed by atoms with E-state index in [0.717, 1.165) is 42.9 Å². The highest BCUT2D eigenvalue weighted by Gasteiger charge is 2.23. The Labute approximate surface area is 147 Å². The molecule has 1 aromatic heterocycles. The lowest BCUT2D eigenvalue weighted by Gasteiger charge is -2.17. The Bertz CT molecular complexity index is 736. The summed E-state index contributed by atoms with van der Waals surface area (Å²) in [4.78, 5) is 14.2. The molecular formula is C19H22N4O2. The number of urea groups is 1. The van der Waals surface area contributed by atoms with Gasteiger partial charge in [-0.3, -0.25) is 4.90 Å². The van der Waals surface area contributed by atoms with E-state index in [-0.39, 0.29) is 6.03 Å². The van der Waals surface area contributed by atoms with Gasteiger partial charge in [0.25, 0.3) is 0 Å². The fourth-order valence-corrected chi connectivity index (χ4v) is 3.11. The molecule has 0 radical (unpaired) electrons. The molecule has 2 amide bonds. The van der Waals surface area contributed by atoms with Gasteiger partial charge in [-0.05, 0) is 42.6 Å². The zero-order valence-corrected chi connectivity index (χ0v) is 14.1. The number of benzene rings is 1. The quantitative estimate of drug-likeness (QED) is 0.848. The summed E-state index contributed by atoms with van der Waals surface area (Å²) in [6, 6.07) is 13.4. The first-order valence-electron chi connectivity index (χ1n) is 8.49. The summed E-state index contributed by atoms with van der Waals surface area (Å²) in [6.07, 6.45) is 2.64. The minimum atomic E-state index is -0.176. The van der Waals surface area contributed by atoms with E-state index < -0.39 is 0 Å². The Kier molecular flexibility index (Phi) is 5.70. The van der Waals surface area contributed by atoms with Gasteiger partial charge >= 0.3 is 6.03 Å². The summed E-state index contributed by atoms with van der Waals surface area (Å²) in [5.74, 6) is 1.17. The van der Waals surface area contributed by atoms with Crippen LogP contribution in [0.15, 0.2) is 47.1 Å². The van der Waals surface area contributed by atoms with Crippen LogP contribution in [0.3, 0.4) is 0 Å². The number of nitrogens with zero attached hydrogens (tertiary/aromatic N) is 2. The minimum absolute atomic E-state index is 0.176.